The van der Waals surface area contributed by atoms with Crippen LogP contribution in [0.25, 0.3) is 0 Å². The first-order chi connectivity index (χ1) is 32.6. The summed E-state index contributed by atoms with van der Waals surface area (Å²) in [7, 11) is 0. The summed E-state index contributed by atoms with van der Waals surface area (Å²) >= 11 is 7.21. The number of ether oxygens (including phenoxy) is 1. The summed E-state index contributed by atoms with van der Waals surface area (Å²) in [6.45, 7) is 1.14. The van der Waals surface area contributed by atoms with Gasteiger partial charge in [-0.3, -0.25) is 19.2 Å². The SMILES string of the molecule is CC(=O)O/N=C(\C(=O)N[C@@H]1C(=O)N2C(C(=O)OC(c3ccccc3)c3ccccc3)=C(SCc3cnn(C(c4ccccc4)(c4ccccc4)c4ccccc4)c3)CS[C@H]12)c1nc(N)sc1Br. The maximum Gasteiger partial charge on any atom is 0.356 e. The molecule has 5 aromatic carbocycles. The highest BCUT2D eigenvalue weighted by Crippen LogP contribution is 2.46. The van der Waals surface area contributed by atoms with E-state index >= 15 is 0 Å². The summed E-state index contributed by atoms with van der Waals surface area (Å²) in [5.41, 5.74) is 10.3. The van der Waals surface area contributed by atoms with Gasteiger partial charge in [0.15, 0.2) is 16.9 Å². The second-order valence-corrected chi connectivity index (χ2v) is 19.9. The van der Waals surface area contributed by atoms with Crippen molar-refractivity contribution in [3.63, 3.8) is 0 Å². The molecule has 4 heterocycles. The van der Waals surface area contributed by atoms with Crippen LogP contribution < -0.4 is 11.1 Å². The third-order valence-corrected chi connectivity index (χ3v) is 15.3. The largest absolute Gasteiger partial charge is 0.448 e. The number of thiazole rings is 1. The van der Waals surface area contributed by atoms with Crippen molar-refractivity contribution in [2.45, 2.75) is 35.7 Å². The van der Waals surface area contributed by atoms with E-state index in [0.29, 0.717) is 20.2 Å². The zero-order valence-electron chi connectivity index (χ0n) is 35.6. The van der Waals surface area contributed by atoms with Crippen LogP contribution in [0.3, 0.4) is 0 Å². The average Bonchev–Trinajstić information content (AvgIpc) is 3.98. The molecular formula is C50H40BrN7O6S3. The van der Waals surface area contributed by atoms with Crippen molar-refractivity contribution in [1.82, 2.24) is 25.0 Å². The van der Waals surface area contributed by atoms with Crippen molar-refractivity contribution in [1.29, 1.82) is 0 Å². The van der Waals surface area contributed by atoms with E-state index < -0.39 is 46.8 Å². The standard InChI is InChI=1S/C50H40BrN7O6S3/c1-31(59)64-56-40(39-44(51)67-49(52)55-39)45(60)54-41-46(61)58-42(48(62)63-43(33-17-7-2-8-18-33)34-19-9-3-10-20-34)38(30-66-47(41)58)65-29-32-27-53-57(28-32)50(35-21-11-4-12-22-35,36-23-13-5-14-24-36)37-25-15-6-16-26-37/h2-28,41,43,47H,29-30H2,1H3,(H2,52,55)(H,54,60)/b56-40-/t41-,47-/m1/s1. The molecule has 0 saturated carbocycles. The molecule has 1 fully saturated rings. The molecule has 2 aromatic heterocycles. The molecule has 2 aliphatic rings. The van der Waals surface area contributed by atoms with E-state index in [4.69, 9.17) is 20.4 Å². The Balaban J connectivity index is 1.06. The van der Waals surface area contributed by atoms with Gasteiger partial charge >= 0.3 is 11.9 Å². The number of hydrogen-bond donors (Lipinski definition) is 2. The van der Waals surface area contributed by atoms with Crippen LogP contribution in [0, 0.1) is 0 Å². The van der Waals surface area contributed by atoms with Gasteiger partial charge in [0.25, 0.3) is 11.8 Å². The Bertz CT molecular complexity index is 2860. The minimum absolute atomic E-state index is 0.0359. The minimum atomic E-state index is -1.08. The van der Waals surface area contributed by atoms with Gasteiger partial charge in [-0.05, 0) is 43.7 Å². The number of carbonyl (C=O) groups is 4. The normalized spacial score (nSPS) is 16.0. The number of hydrogen-bond acceptors (Lipinski definition) is 13. The summed E-state index contributed by atoms with van der Waals surface area (Å²) in [4.78, 5) is 65.8. The second kappa shape index (κ2) is 20.0. The molecule has 336 valence electrons. The number of halogens is 1. The van der Waals surface area contributed by atoms with Crippen LogP contribution in [-0.4, -0.2) is 66.3 Å². The maximum absolute atomic E-state index is 14.8. The Morgan fingerprint density at radius 3 is 1.91 bits per heavy atom. The van der Waals surface area contributed by atoms with Gasteiger partial charge in [0.05, 0.1) is 6.20 Å². The number of fused-ring (bicyclic) bond motifs is 1. The van der Waals surface area contributed by atoms with Crippen LogP contribution in [0.2, 0.25) is 0 Å². The lowest BCUT2D eigenvalue weighted by atomic mass is 9.77. The minimum Gasteiger partial charge on any atom is -0.448 e. The number of benzene rings is 5. The van der Waals surface area contributed by atoms with Crippen LogP contribution in [0.15, 0.2) is 184 Å². The van der Waals surface area contributed by atoms with E-state index in [1.165, 1.54) is 28.4 Å². The van der Waals surface area contributed by atoms with Gasteiger partial charge in [-0.15, -0.1) is 23.5 Å². The fraction of sp³-hybridized carbons (Fsp3) is 0.140. The maximum atomic E-state index is 14.8. The molecule has 17 heteroatoms. The van der Waals surface area contributed by atoms with Gasteiger partial charge in [0.1, 0.15) is 32.1 Å². The van der Waals surface area contributed by atoms with Crippen LogP contribution in [-0.2, 0) is 40.0 Å². The van der Waals surface area contributed by atoms with E-state index in [-0.39, 0.29) is 22.2 Å². The molecule has 1 saturated heterocycles. The number of nitrogen functional groups attached to an aromatic ring is 1. The fourth-order valence-corrected chi connectivity index (χ4v) is 12.0. The zero-order chi connectivity index (χ0) is 46.5. The first kappa shape index (κ1) is 45.4. The fourth-order valence-electron chi connectivity index (χ4n) is 8.14. The summed E-state index contributed by atoms with van der Waals surface area (Å²) in [5.74, 6) is -2.12. The molecular weight excluding hydrogens is 971 g/mol. The number of nitrogens with zero attached hydrogens (tertiary/aromatic N) is 5. The van der Waals surface area contributed by atoms with E-state index in [2.05, 4.69) is 67.8 Å². The number of nitrogens with two attached hydrogens (primary N) is 1. The van der Waals surface area contributed by atoms with E-state index in [0.717, 1.165) is 51.6 Å². The van der Waals surface area contributed by atoms with Gasteiger partial charge in [0, 0.05) is 35.1 Å². The van der Waals surface area contributed by atoms with Crippen LogP contribution in [0.1, 0.15) is 52.1 Å². The van der Waals surface area contributed by atoms with Crippen LogP contribution in [0.5, 0.6) is 0 Å². The Labute approximate surface area is 406 Å². The first-order valence-electron chi connectivity index (χ1n) is 20.9. The molecule has 2 atom stereocenters. The quantitative estimate of drug-likeness (QED) is 0.0252. The van der Waals surface area contributed by atoms with Crippen LogP contribution >= 0.6 is 50.8 Å². The molecule has 0 bridgehead atoms. The molecule has 2 amide bonds. The number of oxime groups is 1. The molecule has 0 aliphatic carbocycles. The topological polar surface area (TPSA) is 171 Å². The lowest BCUT2D eigenvalue weighted by Gasteiger charge is -2.49. The average molecular weight is 1010 g/mol. The molecule has 0 spiro atoms. The molecule has 13 nitrogen and oxygen atoms in total. The smallest absolute Gasteiger partial charge is 0.356 e. The predicted molar refractivity (Wildman–Crippen MR) is 264 cm³/mol. The summed E-state index contributed by atoms with van der Waals surface area (Å²) in [6, 6.07) is 48.5. The number of carbonyl (C=O) groups excluding carboxylic acids is 4. The number of amides is 2. The van der Waals surface area contributed by atoms with Crippen molar-refractivity contribution in [2.75, 3.05) is 11.5 Å². The van der Waals surface area contributed by atoms with E-state index in [9.17, 15) is 19.2 Å². The summed E-state index contributed by atoms with van der Waals surface area (Å²) in [6.07, 6.45) is 3.07. The molecule has 3 N–H and O–H groups in total. The lowest BCUT2D eigenvalue weighted by Crippen LogP contribution is -2.71. The first-order valence-corrected chi connectivity index (χ1v) is 24.6. The molecule has 9 rings (SSSR count). The van der Waals surface area contributed by atoms with E-state index in [1.807, 2.05) is 132 Å². The predicted octanol–water partition coefficient (Wildman–Crippen LogP) is 8.67. The van der Waals surface area contributed by atoms with Crippen molar-refractivity contribution >= 4 is 85.4 Å². The van der Waals surface area contributed by atoms with Gasteiger partial charge in [0.2, 0.25) is 0 Å². The van der Waals surface area contributed by atoms with Crippen molar-refractivity contribution in [2.24, 2.45) is 5.16 Å². The third kappa shape index (κ3) is 9.19. The summed E-state index contributed by atoms with van der Waals surface area (Å²) in [5, 5.41) is 11.0. The molecule has 7 aromatic rings. The lowest BCUT2D eigenvalue weighted by molar-refractivity contribution is -0.154. The van der Waals surface area contributed by atoms with Crippen molar-refractivity contribution in [3.05, 3.63) is 218 Å². The number of nitrogens with one attached hydrogen (secondary N) is 1. The Morgan fingerprint density at radius 2 is 1.40 bits per heavy atom. The van der Waals surface area contributed by atoms with Crippen LogP contribution in [0.4, 0.5) is 5.13 Å². The summed E-state index contributed by atoms with van der Waals surface area (Å²) < 4.78 is 8.78. The van der Waals surface area contributed by atoms with Gasteiger partial charge in [-0.2, -0.15) is 5.10 Å². The number of anilines is 1. The van der Waals surface area contributed by atoms with Gasteiger partial charge < -0.3 is 20.6 Å². The number of β-lactam (4-membered cyclic amide) rings is 1. The van der Waals surface area contributed by atoms with Gasteiger partial charge in [-0.25, -0.2) is 14.6 Å². The number of rotatable bonds is 15. The Kier molecular flexibility index (Phi) is 13.5. The Morgan fingerprint density at radius 1 is 0.866 bits per heavy atom. The Hall–Kier alpha value is -6.79. The highest BCUT2D eigenvalue weighted by atomic mass is 79.9. The van der Waals surface area contributed by atoms with Crippen molar-refractivity contribution in [3.8, 4) is 0 Å². The second-order valence-electron chi connectivity index (χ2n) is 15.3. The van der Waals surface area contributed by atoms with Crippen molar-refractivity contribution < 1.29 is 28.8 Å². The highest BCUT2D eigenvalue weighted by molar-refractivity contribution is 9.11. The highest BCUT2D eigenvalue weighted by Gasteiger charge is 2.55. The number of esters is 1. The number of aromatic nitrogens is 3. The molecule has 0 unspecified atom stereocenters. The zero-order valence-corrected chi connectivity index (χ0v) is 39.6. The third-order valence-electron chi connectivity index (χ3n) is 11.1. The van der Waals surface area contributed by atoms with Gasteiger partial charge in [-0.1, -0.05) is 168 Å². The monoisotopic (exact) mass is 1010 g/mol. The molecule has 2 aliphatic heterocycles. The molecule has 67 heavy (non-hydrogen) atoms. The molecule has 0 radical (unpaired) electrons. The number of thioether (sulfide) groups is 2. The van der Waals surface area contributed by atoms with E-state index in [1.54, 1.807) is 0 Å².